The maximum atomic E-state index is 12.2. The molecule has 1 N–H and O–H groups in total. The van der Waals surface area contributed by atoms with E-state index < -0.39 is 5.97 Å². The van der Waals surface area contributed by atoms with Gasteiger partial charge in [-0.2, -0.15) is 0 Å². The van der Waals surface area contributed by atoms with E-state index >= 15 is 0 Å². The van der Waals surface area contributed by atoms with Gasteiger partial charge in [-0.15, -0.1) is 11.3 Å². The Bertz CT molecular complexity index is 1200. The van der Waals surface area contributed by atoms with Crippen LogP contribution in [0.3, 0.4) is 0 Å². The zero-order valence-electron chi connectivity index (χ0n) is 19.1. The van der Waals surface area contributed by atoms with Crippen molar-refractivity contribution in [1.29, 1.82) is 0 Å². The Morgan fingerprint density at radius 3 is 2.58 bits per heavy atom. The van der Waals surface area contributed by atoms with Crippen LogP contribution in [0.2, 0.25) is 0 Å². The topological polar surface area (TPSA) is 67.1 Å². The summed E-state index contributed by atoms with van der Waals surface area (Å²) in [6, 6.07) is 10.4. The molecule has 0 bridgehead atoms. The van der Waals surface area contributed by atoms with E-state index in [-0.39, 0.29) is 0 Å². The zero-order valence-corrected chi connectivity index (χ0v) is 20.0. The average molecular weight is 464 g/mol. The number of hydrogen-bond acceptors (Lipinski definition) is 5. The van der Waals surface area contributed by atoms with Crippen molar-refractivity contribution in [1.82, 2.24) is 4.57 Å². The third-order valence-corrected chi connectivity index (χ3v) is 7.90. The van der Waals surface area contributed by atoms with Gasteiger partial charge in [0, 0.05) is 46.8 Å². The van der Waals surface area contributed by atoms with Gasteiger partial charge in [0.25, 0.3) is 0 Å². The highest BCUT2D eigenvalue weighted by atomic mass is 32.1. The molecule has 3 aromatic rings. The summed E-state index contributed by atoms with van der Waals surface area (Å²) in [6.07, 6.45) is 5.93. The Labute approximate surface area is 198 Å². The van der Waals surface area contributed by atoms with Gasteiger partial charge in [0.2, 0.25) is 0 Å². The second-order valence-corrected chi connectivity index (χ2v) is 9.82. The molecule has 2 aromatic heterocycles. The van der Waals surface area contributed by atoms with E-state index in [1.165, 1.54) is 10.6 Å². The van der Waals surface area contributed by atoms with E-state index in [0.717, 1.165) is 85.2 Å². The minimum Gasteiger partial charge on any atom is -0.478 e. The molecule has 7 heteroatoms. The number of aryl methyl sites for hydroxylation is 2. The van der Waals surface area contributed by atoms with Crippen molar-refractivity contribution in [2.75, 3.05) is 31.2 Å². The second kappa shape index (κ2) is 9.15. The molecule has 1 fully saturated rings. The first-order chi connectivity index (χ1) is 16.0. The lowest BCUT2D eigenvalue weighted by molar-refractivity contribution is 0.0696. The summed E-state index contributed by atoms with van der Waals surface area (Å²) in [7, 11) is 0. The van der Waals surface area contributed by atoms with Gasteiger partial charge in [-0.25, -0.2) is 4.79 Å². The number of morpholine rings is 1. The van der Waals surface area contributed by atoms with Crippen LogP contribution in [0.25, 0.3) is 5.00 Å². The van der Waals surface area contributed by atoms with Gasteiger partial charge in [-0.1, -0.05) is 0 Å². The van der Waals surface area contributed by atoms with Crippen molar-refractivity contribution in [3.63, 3.8) is 0 Å². The Morgan fingerprint density at radius 1 is 1.12 bits per heavy atom. The van der Waals surface area contributed by atoms with E-state index in [1.807, 2.05) is 32.2 Å². The molecule has 6 nitrogen and oxygen atoms in total. The van der Waals surface area contributed by atoms with Gasteiger partial charge in [0.15, 0.2) is 0 Å². The van der Waals surface area contributed by atoms with Crippen LogP contribution in [0.5, 0.6) is 0 Å². The molecule has 0 amide bonds. The van der Waals surface area contributed by atoms with Crippen LogP contribution >= 0.6 is 11.3 Å². The molecule has 0 atom stereocenters. The van der Waals surface area contributed by atoms with E-state index in [9.17, 15) is 9.90 Å². The summed E-state index contributed by atoms with van der Waals surface area (Å²) in [5.74, 6) is -0.826. The van der Waals surface area contributed by atoms with E-state index in [2.05, 4.69) is 27.7 Å². The Kier molecular flexibility index (Phi) is 6.08. The molecule has 0 radical (unpaired) electrons. The van der Waals surface area contributed by atoms with Crippen molar-refractivity contribution in [3.05, 3.63) is 63.3 Å². The third kappa shape index (κ3) is 4.23. The summed E-state index contributed by atoms with van der Waals surface area (Å²) in [4.78, 5) is 20.4. The summed E-state index contributed by atoms with van der Waals surface area (Å²) >= 11 is 1.64. The number of aromatic nitrogens is 1. The molecule has 1 aromatic carbocycles. The first-order valence-corrected chi connectivity index (χ1v) is 12.4. The van der Waals surface area contributed by atoms with Crippen LogP contribution in [0.4, 0.5) is 11.4 Å². The third-order valence-electron chi connectivity index (χ3n) is 6.62. The molecule has 2 aliphatic rings. The van der Waals surface area contributed by atoms with Crippen molar-refractivity contribution < 1.29 is 14.6 Å². The molecular weight excluding hydrogens is 434 g/mol. The van der Waals surface area contributed by atoms with Crippen molar-refractivity contribution >= 4 is 34.9 Å². The predicted molar refractivity (Wildman–Crippen MR) is 133 cm³/mol. The number of fused-ring (bicyclic) bond motifs is 1. The van der Waals surface area contributed by atoms with Crippen LogP contribution in [0, 0.1) is 13.8 Å². The number of hydrogen-bond donors (Lipinski definition) is 1. The number of carboxylic acids is 1. The van der Waals surface area contributed by atoms with Crippen molar-refractivity contribution in [2.45, 2.75) is 39.5 Å². The van der Waals surface area contributed by atoms with Crippen LogP contribution in [-0.2, 0) is 17.6 Å². The highest BCUT2D eigenvalue weighted by Crippen LogP contribution is 2.38. The molecule has 3 heterocycles. The molecule has 172 valence electrons. The van der Waals surface area contributed by atoms with Crippen LogP contribution < -0.4 is 4.90 Å². The first kappa shape index (κ1) is 21.9. The fraction of sp³-hybridized carbons (Fsp3) is 0.385. The maximum absolute atomic E-state index is 12.2. The number of carbonyl (C=O) groups is 1. The molecule has 5 rings (SSSR count). The van der Waals surface area contributed by atoms with Gasteiger partial charge in [-0.3, -0.25) is 4.99 Å². The molecule has 33 heavy (non-hydrogen) atoms. The molecule has 0 unspecified atom stereocenters. The van der Waals surface area contributed by atoms with Crippen LogP contribution in [0.15, 0.2) is 35.3 Å². The SMILES string of the molecule is Cc1cc(C=Nc2ccc(N3CCOCC3)cc2)c(C)n1-c1sc2c(c1C(=O)O)CCCC2. The number of thiophene rings is 1. The Hall–Kier alpha value is -2.90. The van der Waals surface area contributed by atoms with Crippen molar-refractivity contribution in [3.8, 4) is 5.00 Å². The highest BCUT2D eigenvalue weighted by molar-refractivity contribution is 7.15. The first-order valence-electron chi connectivity index (χ1n) is 11.6. The van der Waals surface area contributed by atoms with Gasteiger partial charge >= 0.3 is 5.97 Å². The van der Waals surface area contributed by atoms with Crippen LogP contribution in [0.1, 0.15) is 50.6 Å². The number of anilines is 1. The van der Waals surface area contributed by atoms with Crippen LogP contribution in [-0.4, -0.2) is 48.2 Å². The van der Waals surface area contributed by atoms with E-state index in [1.54, 1.807) is 11.3 Å². The zero-order chi connectivity index (χ0) is 22.9. The maximum Gasteiger partial charge on any atom is 0.339 e. The molecular formula is C26H29N3O3S. The van der Waals surface area contributed by atoms with E-state index in [0.29, 0.717) is 5.56 Å². The number of carboxylic acid groups (broad SMARTS) is 1. The fourth-order valence-corrected chi connectivity index (χ4v) is 6.37. The number of aromatic carboxylic acids is 1. The number of nitrogens with zero attached hydrogens (tertiary/aromatic N) is 3. The lowest BCUT2D eigenvalue weighted by Gasteiger charge is -2.28. The standard InChI is InChI=1S/C26H29N3O3S/c1-17-15-19(16-27-20-7-9-21(10-8-20)28-11-13-32-14-12-28)18(2)29(17)25-24(26(30)31)22-5-3-4-6-23(22)33-25/h7-10,15-16H,3-6,11-14H2,1-2H3,(H,30,31). The van der Waals surface area contributed by atoms with Gasteiger partial charge in [0.1, 0.15) is 5.00 Å². The lowest BCUT2D eigenvalue weighted by Crippen LogP contribution is -2.36. The van der Waals surface area contributed by atoms with Gasteiger partial charge in [-0.05, 0) is 75.4 Å². The average Bonchev–Trinajstić information content (AvgIpc) is 3.34. The van der Waals surface area contributed by atoms with E-state index in [4.69, 9.17) is 9.73 Å². The predicted octanol–water partition coefficient (Wildman–Crippen LogP) is 5.32. The quantitative estimate of drug-likeness (QED) is 0.520. The number of benzene rings is 1. The Morgan fingerprint density at radius 2 is 1.85 bits per heavy atom. The highest BCUT2D eigenvalue weighted by Gasteiger charge is 2.27. The minimum atomic E-state index is -0.826. The molecule has 1 aliphatic carbocycles. The van der Waals surface area contributed by atoms with Crippen molar-refractivity contribution in [2.24, 2.45) is 4.99 Å². The fourth-order valence-electron chi connectivity index (χ4n) is 4.88. The van der Waals surface area contributed by atoms with Gasteiger partial charge in [0.05, 0.1) is 24.5 Å². The molecule has 1 aliphatic heterocycles. The largest absolute Gasteiger partial charge is 0.478 e. The lowest BCUT2D eigenvalue weighted by atomic mass is 9.95. The minimum absolute atomic E-state index is 0.485. The Balaban J connectivity index is 1.43. The molecule has 0 saturated carbocycles. The monoisotopic (exact) mass is 463 g/mol. The molecule has 0 spiro atoms. The summed E-state index contributed by atoms with van der Waals surface area (Å²) < 4.78 is 7.52. The second-order valence-electron chi connectivity index (χ2n) is 8.73. The summed E-state index contributed by atoms with van der Waals surface area (Å²) in [6.45, 7) is 7.45. The normalized spacial score (nSPS) is 16.4. The summed E-state index contributed by atoms with van der Waals surface area (Å²) in [5.41, 5.74) is 6.66. The number of rotatable bonds is 5. The molecule has 1 saturated heterocycles. The summed E-state index contributed by atoms with van der Waals surface area (Å²) in [5, 5.41) is 10.8. The number of aliphatic imine (C=N–C) groups is 1. The smallest absolute Gasteiger partial charge is 0.339 e. The van der Waals surface area contributed by atoms with Gasteiger partial charge < -0.3 is 19.3 Å². The number of ether oxygens (including phenoxy) is 1.